The molecule has 0 aromatic carbocycles. The number of nitrogens with zero attached hydrogens (tertiary/aromatic N) is 5. The highest BCUT2D eigenvalue weighted by Crippen LogP contribution is 2.21. The first-order valence-electron chi connectivity index (χ1n) is 10.3. The minimum atomic E-state index is -0.277. The summed E-state index contributed by atoms with van der Waals surface area (Å²) in [6.45, 7) is 4.31. The number of anilines is 2. The lowest BCUT2D eigenvalue weighted by Gasteiger charge is -2.20. The van der Waals surface area contributed by atoms with Crippen molar-refractivity contribution < 1.29 is 4.39 Å². The molecule has 0 bridgehead atoms. The largest absolute Gasteiger partial charge is 0.357 e. The Morgan fingerprint density at radius 1 is 1.17 bits per heavy atom. The molecule has 1 atom stereocenters. The predicted octanol–water partition coefficient (Wildman–Crippen LogP) is 2.16. The normalized spacial score (nSPS) is 19.7. The van der Waals surface area contributed by atoms with Gasteiger partial charge in [0.2, 0.25) is 0 Å². The summed E-state index contributed by atoms with van der Waals surface area (Å²) in [5.74, 6) is 1.94. The fraction of sp³-hybridized carbons (Fsp3) is 0.476. The van der Waals surface area contributed by atoms with E-state index in [2.05, 4.69) is 42.6 Å². The van der Waals surface area contributed by atoms with Crippen LogP contribution >= 0.6 is 0 Å². The Morgan fingerprint density at radius 2 is 2.03 bits per heavy atom. The van der Waals surface area contributed by atoms with Crippen molar-refractivity contribution in [3.8, 4) is 0 Å². The fourth-order valence-electron chi connectivity index (χ4n) is 3.91. The van der Waals surface area contributed by atoms with Crippen LogP contribution in [-0.4, -0.2) is 55.2 Å². The summed E-state index contributed by atoms with van der Waals surface area (Å²) in [4.78, 5) is 17.4. The van der Waals surface area contributed by atoms with Crippen LogP contribution in [-0.2, 0) is 6.54 Å². The molecule has 4 heterocycles. The minimum Gasteiger partial charge on any atom is -0.357 e. The zero-order valence-corrected chi connectivity index (χ0v) is 16.8. The van der Waals surface area contributed by atoms with E-state index in [9.17, 15) is 4.39 Å². The molecule has 1 unspecified atom stereocenters. The van der Waals surface area contributed by atoms with Crippen LogP contribution in [0.2, 0.25) is 0 Å². The second kappa shape index (κ2) is 9.07. The number of hydrogen-bond acceptors (Lipinski definition) is 5. The average Bonchev–Trinajstić information content (AvgIpc) is 3.44. The first-order valence-corrected chi connectivity index (χ1v) is 10.3. The van der Waals surface area contributed by atoms with E-state index < -0.39 is 0 Å². The Bertz CT molecular complexity index is 833. The van der Waals surface area contributed by atoms with Crippen LogP contribution in [0.5, 0.6) is 0 Å². The second-order valence-corrected chi connectivity index (χ2v) is 7.53. The van der Waals surface area contributed by atoms with E-state index >= 15 is 0 Å². The van der Waals surface area contributed by atoms with Crippen molar-refractivity contribution in [2.24, 2.45) is 4.99 Å². The molecule has 0 aliphatic carbocycles. The minimum absolute atomic E-state index is 0.193. The van der Waals surface area contributed by atoms with Crippen LogP contribution in [0.4, 0.5) is 16.0 Å². The summed E-state index contributed by atoms with van der Waals surface area (Å²) < 4.78 is 14.0. The maximum absolute atomic E-state index is 14.0. The van der Waals surface area contributed by atoms with Crippen LogP contribution in [0.15, 0.2) is 41.7 Å². The lowest BCUT2D eigenvalue weighted by Crippen LogP contribution is -2.44. The third kappa shape index (κ3) is 4.75. The van der Waals surface area contributed by atoms with E-state index in [0.29, 0.717) is 18.9 Å². The molecule has 7 nitrogen and oxygen atoms in total. The number of guanidine groups is 1. The SMILES string of the molecule is CN=C(NCc1ccc(N2CCCC2)nc1)NC1CCN(c2ncccc2F)C1. The maximum atomic E-state index is 14.0. The van der Waals surface area contributed by atoms with Gasteiger partial charge in [0.05, 0.1) is 0 Å². The van der Waals surface area contributed by atoms with Crippen molar-refractivity contribution in [2.75, 3.05) is 43.0 Å². The van der Waals surface area contributed by atoms with Gasteiger partial charge < -0.3 is 20.4 Å². The lowest BCUT2D eigenvalue weighted by atomic mass is 10.2. The number of rotatable bonds is 5. The van der Waals surface area contributed by atoms with E-state index in [1.807, 2.05) is 11.1 Å². The van der Waals surface area contributed by atoms with Gasteiger partial charge in [0, 0.05) is 58.2 Å². The van der Waals surface area contributed by atoms with Crippen LogP contribution in [0.1, 0.15) is 24.8 Å². The quantitative estimate of drug-likeness (QED) is 0.595. The smallest absolute Gasteiger partial charge is 0.191 e. The van der Waals surface area contributed by atoms with Crippen molar-refractivity contribution in [3.05, 3.63) is 48.0 Å². The first kappa shape index (κ1) is 19.4. The summed E-state index contributed by atoms with van der Waals surface area (Å²) in [5.41, 5.74) is 1.11. The molecule has 29 heavy (non-hydrogen) atoms. The third-order valence-electron chi connectivity index (χ3n) is 5.49. The monoisotopic (exact) mass is 397 g/mol. The van der Waals surface area contributed by atoms with Gasteiger partial charge in [0.1, 0.15) is 5.82 Å². The topological polar surface area (TPSA) is 68.7 Å². The van der Waals surface area contributed by atoms with Gasteiger partial charge in [-0.05, 0) is 43.0 Å². The molecule has 2 N–H and O–H groups in total. The van der Waals surface area contributed by atoms with Crippen LogP contribution in [0.3, 0.4) is 0 Å². The zero-order chi connectivity index (χ0) is 20.1. The first-order chi connectivity index (χ1) is 14.2. The highest BCUT2D eigenvalue weighted by atomic mass is 19.1. The van der Waals surface area contributed by atoms with Crippen molar-refractivity contribution in [3.63, 3.8) is 0 Å². The molecule has 2 aliphatic heterocycles. The van der Waals surface area contributed by atoms with Gasteiger partial charge in [-0.2, -0.15) is 0 Å². The second-order valence-electron chi connectivity index (χ2n) is 7.53. The van der Waals surface area contributed by atoms with E-state index in [0.717, 1.165) is 43.4 Å². The summed E-state index contributed by atoms with van der Waals surface area (Å²) in [6, 6.07) is 7.46. The van der Waals surface area contributed by atoms with E-state index in [-0.39, 0.29) is 11.9 Å². The summed E-state index contributed by atoms with van der Waals surface area (Å²) in [7, 11) is 1.76. The Labute approximate surface area is 171 Å². The highest BCUT2D eigenvalue weighted by Gasteiger charge is 2.25. The average molecular weight is 398 g/mol. The molecule has 2 fully saturated rings. The fourth-order valence-corrected chi connectivity index (χ4v) is 3.91. The van der Waals surface area contributed by atoms with Gasteiger partial charge in [0.25, 0.3) is 0 Å². The molecule has 0 radical (unpaired) electrons. The number of hydrogen-bond donors (Lipinski definition) is 2. The molecule has 2 aromatic heterocycles. The van der Waals surface area contributed by atoms with E-state index in [4.69, 9.17) is 0 Å². The molecule has 154 valence electrons. The summed E-state index contributed by atoms with van der Waals surface area (Å²) in [6.07, 6.45) is 6.96. The Morgan fingerprint density at radius 3 is 2.76 bits per heavy atom. The van der Waals surface area contributed by atoms with Crippen molar-refractivity contribution in [2.45, 2.75) is 31.8 Å². The zero-order valence-electron chi connectivity index (χ0n) is 16.8. The Kier molecular flexibility index (Phi) is 6.07. The highest BCUT2D eigenvalue weighted by molar-refractivity contribution is 5.80. The molecule has 0 saturated carbocycles. The molecule has 2 aliphatic rings. The summed E-state index contributed by atoms with van der Waals surface area (Å²) >= 11 is 0. The molecule has 0 spiro atoms. The number of nitrogens with one attached hydrogen (secondary N) is 2. The number of halogens is 1. The van der Waals surface area contributed by atoms with Gasteiger partial charge in [-0.3, -0.25) is 4.99 Å². The standard InChI is InChI=1S/C21H28FN7/c1-23-21(26-14-16-6-7-19(25-13-16)28-10-2-3-11-28)27-17-8-12-29(15-17)20-18(22)5-4-9-24-20/h4-7,9,13,17H,2-3,8,10-12,14-15H2,1H3,(H2,23,26,27). The molecule has 2 aromatic rings. The van der Waals surface area contributed by atoms with Gasteiger partial charge in [-0.25, -0.2) is 14.4 Å². The van der Waals surface area contributed by atoms with Gasteiger partial charge in [-0.15, -0.1) is 0 Å². The Balaban J connectivity index is 1.27. The van der Waals surface area contributed by atoms with Gasteiger partial charge in [0.15, 0.2) is 17.6 Å². The molecular formula is C21H28FN7. The summed E-state index contributed by atoms with van der Waals surface area (Å²) in [5, 5.41) is 6.77. The number of aromatic nitrogens is 2. The molecule has 4 rings (SSSR count). The molecule has 8 heteroatoms. The number of pyridine rings is 2. The van der Waals surface area contributed by atoms with Gasteiger partial charge in [-0.1, -0.05) is 6.07 Å². The predicted molar refractivity (Wildman–Crippen MR) is 114 cm³/mol. The molecule has 0 amide bonds. The van der Waals surface area contributed by atoms with E-state index in [1.165, 1.54) is 18.9 Å². The molecule has 2 saturated heterocycles. The third-order valence-corrected chi connectivity index (χ3v) is 5.49. The van der Waals surface area contributed by atoms with Gasteiger partial charge >= 0.3 is 0 Å². The number of aliphatic imine (C=N–C) groups is 1. The van der Waals surface area contributed by atoms with Crippen LogP contribution in [0.25, 0.3) is 0 Å². The van der Waals surface area contributed by atoms with Crippen LogP contribution in [0, 0.1) is 5.82 Å². The molecular weight excluding hydrogens is 369 g/mol. The maximum Gasteiger partial charge on any atom is 0.191 e. The van der Waals surface area contributed by atoms with Crippen LogP contribution < -0.4 is 20.4 Å². The van der Waals surface area contributed by atoms with E-state index in [1.54, 1.807) is 19.3 Å². The lowest BCUT2D eigenvalue weighted by molar-refractivity contribution is 0.612. The van der Waals surface area contributed by atoms with Crippen molar-refractivity contribution in [1.29, 1.82) is 0 Å². The Hall–Kier alpha value is -2.90. The van der Waals surface area contributed by atoms with Crippen molar-refractivity contribution >= 4 is 17.6 Å². The van der Waals surface area contributed by atoms with Crippen molar-refractivity contribution in [1.82, 2.24) is 20.6 Å².